The van der Waals surface area contributed by atoms with Crippen LogP contribution in [-0.4, -0.2) is 22.1 Å². The molecule has 0 unspecified atom stereocenters. The van der Waals surface area contributed by atoms with E-state index in [0.29, 0.717) is 16.9 Å². The highest BCUT2D eigenvalue weighted by atomic mass is 16.5. The van der Waals surface area contributed by atoms with Gasteiger partial charge in [0.2, 0.25) is 5.76 Å². The van der Waals surface area contributed by atoms with Gasteiger partial charge in [-0.15, -0.1) is 0 Å². The lowest BCUT2D eigenvalue weighted by molar-refractivity contribution is 0.0695. The number of nitrogens with zero attached hydrogens (tertiary/aromatic N) is 1. The Kier molecular flexibility index (Phi) is 4.30. The third-order valence-electron chi connectivity index (χ3n) is 3.39. The molecule has 6 nitrogen and oxygen atoms in total. The molecule has 6 heteroatoms. The van der Waals surface area contributed by atoms with Crippen molar-refractivity contribution < 1.29 is 19.2 Å². The largest absolute Gasteiger partial charge is 0.478 e. The number of carboxylic acid groups (broad SMARTS) is 1. The second kappa shape index (κ2) is 6.01. The van der Waals surface area contributed by atoms with Crippen molar-refractivity contribution in [1.29, 1.82) is 0 Å². The van der Waals surface area contributed by atoms with Gasteiger partial charge in [0.25, 0.3) is 5.91 Å². The van der Waals surface area contributed by atoms with Gasteiger partial charge < -0.3 is 14.9 Å². The minimum atomic E-state index is -1.03. The molecule has 0 saturated heterocycles. The highest BCUT2D eigenvalue weighted by Gasteiger charge is 2.17. The summed E-state index contributed by atoms with van der Waals surface area (Å²) >= 11 is 0. The average Bonchev–Trinajstić information content (AvgIpc) is 2.91. The van der Waals surface area contributed by atoms with Crippen LogP contribution >= 0.6 is 0 Å². The summed E-state index contributed by atoms with van der Waals surface area (Å²) in [6, 6.07) is 4.76. The number of amides is 1. The van der Waals surface area contributed by atoms with Crippen LogP contribution in [0.25, 0.3) is 0 Å². The van der Waals surface area contributed by atoms with Gasteiger partial charge in [0.1, 0.15) is 0 Å². The van der Waals surface area contributed by atoms with E-state index in [2.05, 4.69) is 10.5 Å². The van der Waals surface area contributed by atoms with Gasteiger partial charge in [-0.25, -0.2) is 4.79 Å². The van der Waals surface area contributed by atoms with Crippen LogP contribution in [0.5, 0.6) is 0 Å². The van der Waals surface area contributed by atoms with Crippen LogP contribution in [0.4, 0.5) is 5.69 Å². The quantitative estimate of drug-likeness (QED) is 0.903. The van der Waals surface area contributed by atoms with Crippen molar-refractivity contribution in [2.75, 3.05) is 5.32 Å². The van der Waals surface area contributed by atoms with Crippen molar-refractivity contribution in [1.82, 2.24) is 5.16 Å². The molecule has 2 rings (SSSR count). The van der Waals surface area contributed by atoms with Crippen molar-refractivity contribution >= 4 is 17.6 Å². The summed E-state index contributed by atoms with van der Waals surface area (Å²) in [5, 5.41) is 15.7. The maximum absolute atomic E-state index is 12.2. The third-order valence-corrected chi connectivity index (χ3v) is 3.39. The molecule has 2 N–H and O–H groups in total. The van der Waals surface area contributed by atoms with E-state index in [1.54, 1.807) is 26.0 Å². The lowest BCUT2D eigenvalue weighted by atomic mass is 10.0. The number of carbonyl (C=O) groups is 2. The van der Waals surface area contributed by atoms with Gasteiger partial charge in [0.05, 0.1) is 11.3 Å². The minimum absolute atomic E-state index is 0.0977. The first-order valence-electron chi connectivity index (χ1n) is 6.92. The normalized spacial score (nSPS) is 10.8. The number of anilines is 1. The first kappa shape index (κ1) is 15.8. The van der Waals surface area contributed by atoms with Gasteiger partial charge in [-0.3, -0.25) is 4.79 Å². The molecule has 0 atom stereocenters. The van der Waals surface area contributed by atoms with E-state index in [4.69, 9.17) is 9.63 Å². The third kappa shape index (κ3) is 3.16. The molecule has 22 heavy (non-hydrogen) atoms. The highest BCUT2D eigenvalue weighted by Crippen LogP contribution is 2.22. The number of hydrogen-bond acceptors (Lipinski definition) is 4. The van der Waals surface area contributed by atoms with Gasteiger partial charge in [0.15, 0.2) is 0 Å². The average molecular weight is 302 g/mol. The molecule has 0 aliphatic rings. The number of nitrogens with one attached hydrogen (secondary N) is 1. The SMILES string of the molecule is Cc1cc(C)c(C(=O)O)cc1NC(=O)c1cc(C(C)C)no1. The second-order valence-electron chi connectivity index (χ2n) is 5.51. The summed E-state index contributed by atoms with van der Waals surface area (Å²) in [5.41, 5.74) is 2.71. The minimum Gasteiger partial charge on any atom is -0.478 e. The number of carbonyl (C=O) groups excluding carboxylic acids is 1. The fourth-order valence-electron chi connectivity index (χ4n) is 2.07. The molecule has 116 valence electrons. The van der Waals surface area contributed by atoms with E-state index in [1.807, 2.05) is 13.8 Å². The molecule has 1 heterocycles. The Morgan fingerprint density at radius 1 is 1.18 bits per heavy atom. The lowest BCUT2D eigenvalue weighted by Gasteiger charge is -2.10. The van der Waals surface area contributed by atoms with Crippen LogP contribution in [0.2, 0.25) is 0 Å². The van der Waals surface area contributed by atoms with Crippen LogP contribution in [0, 0.1) is 13.8 Å². The van der Waals surface area contributed by atoms with Crippen LogP contribution in [0.1, 0.15) is 57.5 Å². The van der Waals surface area contributed by atoms with E-state index in [0.717, 1.165) is 5.56 Å². The van der Waals surface area contributed by atoms with Gasteiger partial charge in [-0.1, -0.05) is 25.1 Å². The van der Waals surface area contributed by atoms with Crippen molar-refractivity contribution in [3.05, 3.63) is 46.3 Å². The van der Waals surface area contributed by atoms with Gasteiger partial charge in [0, 0.05) is 11.8 Å². The number of carboxylic acids is 1. The Hall–Kier alpha value is -2.63. The van der Waals surface area contributed by atoms with E-state index in [-0.39, 0.29) is 17.2 Å². The lowest BCUT2D eigenvalue weighted by Crippen LogP contribution is -2.13. The predicted molar refractivity (Wildman–Crippen MR) is 81.4 cm³/mol. The van der Waals surface area contributed by atoms with E-state index in [1.165, 1.54) is 6.07 Å². The zero-order valence-corrected chi connectivity index (χ0v) is 12.9. The molecular formula is C16H18N2O4. The van der Waals surface area contributed by atoms with Crippen LogP contribution < -0.4 is 5.32 Å². The topological polar surface area (TPSA) is 92.4 Å². The Morgan fingerprint density at radius 3 is 2.41 bits per heavy atom. The zero-order valence-electron chi connectivity index (χ0n) is 12.9. The van der Waals surface area contributed by atoms with Crippen molar-refractivity contribution in [2.24, 2.45) is 0 Å². The maximum Gasteiger partial charge on any atom is 0.336 e. The molecular weight excluding hydrogens is 284 g/mol. The summed E-state index contributed by atoms with van der Waals surface area (Å²) in [6.07, 6.45) is 0. The molecule has 2 aromatic rings. The molecule has 0 aliphatic heterocycles. The fraction of sp³-hybridized carbons (Fsp3) is 0.312. The molecule has 1 aromatic heterocycles. The van der Waals surface area contributed by atoms with Gasteiger partial charge in [-0.2, -0.15) is 0 Å². The van der Waals surface area contributed by atoms with Crippen molar-refractivity contribution in [2.45, 2.75) is 33.6 Å². The summed E-state index contributed by atoms with van der Waals surface area (Å²) in [4.78, 5) is 23.4. The smallest absolute Gasteiger partial charge is 0.336 e. The summed E-state index contributed by atoms with van der Waals surface area (Å²) in [5.74, 6) is -1.23. The summed E-state index contributed by atoms with van der Waals surface area (Å²) in [6.45, 7) is 7.41. The molecule has 0 radical (unpaired) electrons. The molecule has 1 amide bonds. The number of rotatable bonds is 4. The second-order valence-corrected chi connectivity index (χ2v) is 5.51. The van der Waals surface area contributed by atoms with E-state index < -0.39 is 11.9 Å². The van der Waals surface area contributed by atoms with Crippen LogP contribution in [0.15, 0.2) is 22.7 Å². The van der Waals surface area contributed by atoms with Crippen molar-refractivity contribution in [3.63, 3.8) is 0 Å². The first-order chi connectivity index (χ1) is 10.3. The molecule has 0 saturated carbocycles. The molecule has 0 aliphatic carbocycles. The van der Waals surface area contributed by atoms with Crippen LogP contribution in [0.3, 0.4) is 0 Å². The summed E-state index contributed by atoms with van der Waals surface area (Å²) < 4.78 is 5.02. The summed E-state index contributed by atoms with van der Waals surface area (Å²) in [7, 11) is 0. The van der Waals surface area contributed by atoms with E-state index >= 15 is 0 Å². The number of aromatic carboxylic acids is 1. The van der Waals surface area contributed by atoms with Gasteiger partial charge >= 0.3 is 5.97 Å². The zero-order chi connectivity index (χ0) is 16.4. The van der Waals surface area contributed by atoms with Gasteiger partial charge in [-0.05, 0) is 37.0 Å². The monoisotopic (exact) mass is 302 g/mol. The Labute approximate surface area is 128 Å². The molecule has 0 bridgehead atoms. The van der Waals surface area contributed by atoms with Crippen molar-refractivity contribution in [3.8, 4) is 0 Å². The standard InChI is InChI=1S/C16H18N2O4/c1-8(2)12-7-14(22-18-12)15(19)17-13-6-11(16(20)21)9(3)5-10(13)4/h5-8H,1-4H3,(H,17,19)(H,20,21). The highest BCUT2D eigenvalue weighted by molar-refractivity contribution is 6.03. The molecule has 0 fully saturated rings. The first-order valence-corrected chi connectivity index (χ1v) is 6.92. The Bertz CT molecular complexity index is 732. The predicted octanol–water partition coefficient (Wildman–Crippen LogP) is 3.37. The number of aromatic nitrogens is 1. The molecule has 1 aromatic carbocycles. The fourth-order valence-corrected chi connectivity index (χ4v) is 2.07. The number of aryl methyl sites for hydroxylation is 2. The number of hydrogen-bond donors (Lipinski definition) is 2. The maximum atomic E-state index is 12.2. The Morgan fingerprint density at radius 2 is 1.86 bits per heavy atom. The Balaban J connectivity index is 2.27. The van der Waals surface area contributed by atoms with Crippen LogP contribution in [-0.2, 0) is 0 Å². The van der Waals surface area contributed by atoms with E-state index in [9.17, 15) is 9.59 Å². The number of benzene rings is 1. The molecule has 0 spiro atoms.